The van der Waals surface area contributed by atoms with Crippen molar-refractivity contribution in [2.75, 3.05) is 11.4 Å². The van der Waals surface area contributed by atoms with Gasteiger partial charge in [0.25, 0.3) is 0 Å². The molecule has 2 rings (SSSR count). The first kappa shape index (κ1) is 15.4. The highest BCUT2D eigenvalue weighted by atomic mass is 79.9. The van der Waals surface area contributed by atoms with Gasteiger partial charge >= 0.3 is 5.97 Å². The van der Waals surface area contributed by atoms with Crippen molar-refractivity contribution in [3.8, 4) is 0 Å². The summed E-state index contributed by atoms with van der Waals surface area (Å²) in [6.07, 6.45) is 4.82. The highest BCUT2D eigenvalue weighted by molar-refractivity contribution is 9.10. The Balaban J connectivity index is 2.42. The van der Waals surface area contributed by atoms with E-state index >= 15 is 0 Å². The zero-order valence-electron chi connectivity index (χ0n) is 12.1. The smallest absolute Gasteiger partial charge is 0.338 e. The van der Waals surface area contributed by atoms with E-state index in [9.17, 15) is 9.90 Å². The average Bonchev–Trinajstić information content (AvgIpc) is 2.88. The minimum Gasteiger partial charge on any atom is -0.478 e. The molecular weight excluding hydrogens is 318 g/mol. The fourth-order valence-electron chi connectivity index (χ4n) is 3.02. The molecule has 0 unspecified atom stereocenters. The lowest BCUT2D eigenvalue weighted by Crippen LogP contribution is -2.37. The highest BCUT2D eigenvalue weighted by Gasteiger charge is 2.27. The molecule has 0 radical (unpaired) electrons. The minimum atomic E-state index is -0.862. The third-order valence-corrected chi connectivity index (χ3v) is 4.50. The van der Waals surface area contributed by atoms with E-state index in [0.717, 1.165) is 25.1 Å². The van der Waals surface area contributed by atoms with Crippen LogP contribution in [0.5, 0.6) is 0 Å². The molecule has 0 aromatic heterocycles. The van der Waals surface area contributed by atoms with Crippen molar-refractivity contribution >= 4 is 27.6 Å². The minimum absolute atomic E-state index is 0.389. The number of rotatable bonds is 5. The predicted octanol–water partition coefficient (Wildman–Crippen LogP) is 4.55. The van der Waals surface area contributed by atoms with Crippen molar-refractivity contribution in [3.63, 3.8) is 0 Å². The summed E-state index contributed by atoms with van der Waals surface area (Å²) in [6, 6.07) is 6.14. The van der Waals surface area contributed by atoms with Crippen molar-refractivity contribution in [2.24, 2.45) is 5.92 Å². The Hall–Kier alpha value is -1.03. The molecule has 1 aromatic rings. The second-order valence-electron chi connectivity index (χ2n) is 5.92. The van der Waals surface area contributed by atoms with Gasteiger partial charge in [-0.15, -0.1) is 0 Å². The fraction of sp³-hybridized carbons (Fsp3) is 0.562. The number of aromatic carboxylic acids is 1. The van der Waals surface area contributed by atoms with Gasteiger partial charge in [0.05, 0.1) is 11.3 Å². The summed E-state index contributed by atoms with van der Waals surface area (Å²) in [5.74, 6) is -0.351. The first-order valence-electron chi connectivity index (χ1n) is 7.29. The number of nitrogens with zero attached hydrogens (tertiary/aromatic N) is 1. The van der Waals surface area contributed by atoms with Crippen LogP contribution in [0.25, 0.3) is 0 Å². The molecule has 0 atom stereocenters. The van der Waals surface area contributed by atoms with Crippen LogP contribution in [-0.4, -0.2) is 23.7 Å². The van der Waals surface area contributed by atoms with E-state index in [4.69, 9.17) is 0 Å². The lowest BCUT2D eigenvalue weighted by Gasteiger charge is -2.34. The van der Waals surface area contributed by atoms with E-state index < -0.39 is 5.97 Å². The molecule has 1 saturated carbocycles. The van der Waals surface area contributed by atoms with Gasteiger partial charge in [-0.1, -0.05) is 32.8 Å². The fourth-order valence-corrected chi connectivity index (χ4v) is 3.54. The summed E-state index contributed by atoms with van der Waals surface area (Å²) in [5, 5.41) is 9.52. The molecule has 20 heavy (non-hydrogen) atoms. The Labute approximate surface area is 129 Å². The van der Waals surface area contributed by atoms with Gasteiger partial charge in [0.15, 0.2) is 0 Å². The van der Waals surface area contributed by atoms with Gasteiger partial charge in [0, 0.05) is 17.1 Å². The van der Waals surface area contributed by atoms with Gasteiger partial charge in [-0.05, 0) is 46.8 Å². The number of carboxylic acid groups (broad SMARTS) is 1. The number of carboxylic acids is 1. The molecular formula is C16H22BrNO2. The van der Waals surface area contributed by atoms with Crippen molar-refractivity contribution in [3.05, 3.63) is 28.2 Å². The Morgan fingerprint density at radius 1 is 1.40 bits per heavy atom. The summed E-state index contributed by atoms with van der Waals surface area (Å²) in [6.45, 7) is 5.27. The number of hydrogen-bond donors (Lipinski definition) is 1. The number of benzene rings is 1. The highest BCUT2D eigenvalue weighted by Crippen LogP contribution is 2.34. The van der Waals surface area contributed by atoms with Crippen LogP contribution >= 0.6 is 15.9 Å². The van der Waals surface area contributed by atoms with Crippen LogP contribution in [0, 0.1) is 5.92 Å². The summed E-state index contributed by atoms with van der Waals surface area (Å²) in [5.41, 5.74) is 1.24. The zero-order chi connectivity index (χ0) is 14.7. The normalized spacial score (nSPS) is 15.8. The predicted molar refractivity (Wildman–Crippen MR) is 85.5 cm³/mol. The maximum atomic E-state index is 11.6. The molecule has 3 nitrogen and oxygen atoms in total. The Kier molecular flexibility index (Phi) is 5.08. The zero-order valence-corrected chi connectivity index (χ0v) is 13.7. The molecule has 1 fully saturated rings. The maximum Gasteiger partial charge on any atom is 0.338 e. The number of hydrogen-bond acceptors (Lipinski definition) is 2. The van der Waals surface area contributed by atoms with Crippen LogP contribution in [0.2, 0.25) is 0 Å². The summed E-state index contributed by atoms with van der Waals surface area (Å²) >= 11 is 3.38. The van der Waals surface area contributed by atoms with Crippen LogP contribution in [0.4, 0.5) is 5.69 Å². The van der Waals surface area contributed by atoms with Gasteiger partial charge in [-0.25, -0.2) is 4.79 Å². The molecule has 1 aromatic carbocycles. The van der Waals surface area contributed by atoms with Gasteiger partial charge in [-0.2, -0.15) is 0 Å². The molecule has 1 N–H and O–H groups in total. The van der Waals surface area contributed by atoms with Crippen LogP contribution in [0.3, 0.4) is 0 Å². The van der Waals surface area contributed by atoms with Gasteiger partial charge in [0.1, 0.15) is 0 Å². The van der Waals surface area contributed by atoms with Crippen LogP contribution in [0.1, 0.15) is 49.9 Å². The molecule has 0 amide bonds. The largest absolute Gasteiger partial charge is 0.478 e. The topological polar surface area (TPSA) is 40.5 Å². The maximum absolute atomic E-state index is 11.6. The lowest BCUT2D eigenvalue weighted by atomic mass is 10.1. The van der Waals surface area contributed by atoms with E-state index in [-0.39, 0.29) is 0 Å². The quantitative estimate of drug-likeness (QED) is 0.855. The second kappa shape index (κ2) is 6.61. The van der Waals surface area contributed by atoms with E-state index in [2.05, 4.69) is 34.7 Å². The summed E-state index contributed by atoms with van der Waals surface area (Å²) in [4.78, 5) is 13.9. The Morgan fingerprint density at radius 3 is 2.60 bits per heavy atom. The van der Waals surface area contributed by atoms with Crippen molar-refractivity contribution in [2.45, 2.75) is 45.6 Å². The summed E-state index contributed by atoms with van der Waals surface area (Å²) < 4.78 is 0.661. The number of carbonyl (C=O) groups is 1. The third-order valence-electron chi connectivity index (χ3n) is 3.84. The van der Waals surface area contributed by atoms with Crippen molar-refractivity contribution < 1.29 is 9.90 Å². The molecule has 0 aliphatic heterocycles. The van der Waals surface area contributed by atoms with Crippen LogP contribution in [-0.2, 0) is 0 Å². The summed E-state index contributed by atoms with van der Waals surface area (Å²) in [7, 11) is 0. The van der Waals surface area contributed by atoms with E-state index in [1.54, 1.807) is 6.07 Å². The first-order valence-corrected chi connectivity index (χ1v) is 8.08. The van der Waals surface area contributed by atoms with E-state index in [0.29, 0.717) is 22.0 Å². The SMILES string of the molecule is CC(C)CN(c1cccc(Br)c1C(=O)O)C1CCCC1. The Bertz CT molecular complexity index is 481. The molecule has 1 aliphatic rings. The molecule has 0 spiro atoms. The van der Waals surface area contributed by atoms with E-state index in [1.807, 2.05) is 12.1 Å². The molecule has 0 heterocycles. The van der Waals surface area contributed by atoms with E-state index in [1.165, 1.54) is 12.8 Å². The molecule has 0 bridgehead atoms. The molecule has 4 heteroatoms. The van der Waals surface area contributed by atoms with Crippen molar-refractivity contribution in [1.29, 1.82) is 0 Å². The van der Waals surface area contributed by atoms with Crippen LogP contribution in [0.15, 0.2) is 22.7 Å². The Morgan fingerprint density at radius 2 is 2.05 bits per heavy atom. The third kappa shape index (κ3) is 3.35. The average molecular weight is 340 g/mol. The molecule has 0 saturated heterocycles. The van der Waals surface area contributed by atoms with Gasteiger partial charge in [0.2, 0.25) is 0 Å². The van der Waals surface area contributed by atoms with Crippen LogP contribution < -0.4 is 4.90 Å². The number of halogens is 1. The molecule has 110 valence electrons. The van der Waals surface area contributed by atoms with Gasteiger partial charge in [-0.3, -0.25) is 0 Å². The number of anilines is 1. The van der Waals surface area contributed by atoms with Crippen molar-refractivity contribution in [1.82, 2.24) is 0 Å². The second-order valence-corrected chi connectivity index (χ2v) is 6.78. The standard InChI is InChI=1S/C16H22BrNO2/c1-11(2)10-18(12-6-3-4-7-12)14-9-5-8-13(17)15(14)16(19)20/h5,8-9,11-12H,3-4,6-7,10H2,1-2H3,(H,19,20). The van der Waals surface area contributed by atoms with Gasteiger partial charge < -0.3 is 10.0 Å². The monoisotopic (exact) mass is 339 g/mol. The molecule has 1 aliphatic carbocycles. The lowest BCUT2D eigenvalue weighted by molar-refractivity contribution is 0.0696. The first-order chi connectivity index (χ1) is 9.50.